The number of hydrogen-bond acceptors (Lipinski definition) is 5. The van der Waals surface area contributed by atoms with E-state index in [0.29, 0.717) is 17.7 Å². The van der Waals surface area contributed by atoms with Gasteiger partial charge in [-0.15, -0.1) is 0 Å². The molecule has 0 fully saturated rings. The van der Waals surface area contributed by atoms with Crippen molar-refractivity contribution in [1.29, 1.82) is 0 Å². The lowest BCUT2D eigenvalue weighted by Gasteiger charge is -2.24. The molecule has 0 radical (unpaired) electrons. The fourth-order valence-electron chi connectivity index (χ4n) is 1.85. The summed E-state index contributed by atoms with van der Waals surface area (Å²) in [6.45, 7) is 7.65. The van der Waals surface area contributed by atoms with Crippen molar-refractivity contribution in [3.05, 3.63) is 35.4 Å². The van der Waals surface area contributed by atoms with Crippen LogP contribution in [0, 0.1) is 0 Å². The minimum atomic E-state index is -0.571. The van der Waals surface area contributed by atoms with Crippen molar-refractivity contribution >= 4 is 17.8 Å². The molecule has 0 atom stereocenters. The van der Waals surface area contributed by atoms with Gasteiger partial charge in [0.15, 0.2) is 5.78 Å². The van der Waals surface area contributed by atoms with Gasteiger partial charge in [-0.2, -0.15) is 0 Å². The molecule has 0 saturated heterocycles. The topological polar surface area (TPSA) is 72.9 Å². The first-order chi connectivity index (χ1) is 11.1. The maximum Gasteiger partial charge on any atom is 0.410 e. The number of carbonyl (C=O) groups is 3. The number of carbonyl (C=O) groups excluding carboxylic acids is 3. The second kappa shape index (κ2) is 8.47. The summed E-state index contributed by atoms with van der Waals surface area (Å²) in [7, 11) is 1.59. The molecule has 0 heterocycles. The lowest BCUT2D eigenvalue weighted by Crippen LogP contribution is -2.35. The first kappa shape index (κ1) is 19.7. The molecule has 6 nitrogen and oxygen atoms in total. The van der Waals surface area contributed by atoms with Gasteiger partial charge in [-0.3, -0.25) is 4.79 Å². The number of rotatable bonds is 6. The SMILES string of the molecule is CCOC(=O)c1ccc(C(=O)CCN(C)C(=O)OC(C)(C)C)cc1. The quantitative estimate of drug-likeness (QED) is 0.589. The van der Waals surface area contributed by atoms with Gasteiger partial charge in [-0.05, 0) is 39.8 Å². The van der Waals surface area contributed by atoms with E-state index in [1.165, 1.54) is 4.90 Å². The molecule has 0 N–H and O–H groups in total. The monoisotopic (exact) mass is 335 g/mol. The van der Waals surface area contributed by atoms with Crippen LogP contribution in [-0.2, 0) is 9.47 Å². The largest absolute Gasteiger partial charge is 0.462 e. The van der Waals surface area contributed by atoms with E-state index in [9.17, 15) is 14.4 Å². The number of esters is 1. The van der Waals surface area contributed by atoms with Crippen LogP contribution in [0.5, 0.6) is 0 Å². The summed E-state index contributed by atoms with van der Waals surface area (Å²) in [5.74, 6) is -0.526. The van der Waals surface area contributed by atoms with E-state index >= 15 is 0 Å². The van der Waals surface area contributed by atoms with Crippen molar-refractivity contribution in [1.82, 2.24) is 4.90 Å². The Morgan fingerprint density at radius 3 is 2.08 bits per heavy atom. The van der Waals surface area contributed by atoms with Crippen LogP contribution in [0.3, 0.4) is 0 Å². The van der Waals surface area contributed by atoms with Gasteiger partial charge in [-0.25, -0.2) is 9.59 Å². The third kappa shape index (κ3) is 6.40. The van der Waals surface area contributed by atoms with Gasteiger partial charge in [0.25, 0.3) is 0 Å². The Morgan fingerprint density at radius 2 is 1.58 bits per heavy atom. The summed E-state index contributed by atoms with van der Waals surface area (Å²) in [6, 6.07) is 6.29. The van der Waals surface area contributed by atoms with E-state index in [-0.39, 0.29) is 18.7 Å². The van der Waals surface area contributed by atoms with Crippen molar-refractivity contribution in [2.75, 3.05) is 20.2 Å². The average molecular weight is 335 g/mol. The van der Waals surface area contributed by atoms with Crippen LogP contribution < -0.4 is 0 Å². The van der Waals surface area contributed by atoms with E-state index in [1.54, 1.807) is 59.0 Å². The molecule has 1 aromatic rings. The summed E-state index contributed by atoms with van der Waals surface area (Å²) < 4.78 is 10.1. The third-order valence-corrected chi connectivity index (χ3v) is 3.10. The van der Waals surface area contributed by atoms with Gasteiger partial charge in [0.2, 0.25) is 0 Å². The van der Waals surface area contributed by atoms with Gasteiger partial charge < -0.3 is 14.4 Å². The normalized spacial score (nSPS) is 10.9. The number of nitrogens with zero attached hydrogens (tertiary/aromatic N) is 1. The van der Waals surface area contributed by atoms with E-state index < -0.39 is 17.7 Å². The summed E-state index contributed by atoms with van der Waals surface area (Å²) in [5, 5.41) is 0. The Hall–Kier alpha value is -2.37. The first-order valence-electron chi connectivity index (χ1n) is 7.88. The molecule has 0 aliphatic rings. The number of amides is 1. The molecule has 132 valence electrons. The third-order valence-electron chi connectivity index (χ3n) is 3.10. The number of ether oxygens (including phenoxy) is 2. The second-order valence-corrected chi connectivity index (χ2v) is 6.37. The minimum Gasteiger partial charge on any atom is -0.462 e. The zero-order valence-electron chi connectivity index (χ0n) is 14.9. The number of benzene rings is 1. The van der Waals surface area contributed by atoms with Crippen molar-refractivity contribution < 1.29 is 23.9 Å². The van der Waals surface area contributed by atoms with E-state index in [1.807, 2.05) is 0 Å². The smallest absolute Gasteiger partial charge is 0.410 e. The highest BCUT2D eigenvalue weighted by Gasteiger charge is 2.20. The zero-order valence-corrected chi connectivity index (χ0v) is 14.9. The Balaban J connectivity index is 2.56. The van der Waals surface area contributed by atoms with Crippen molar-refractivity contribution in [2.45, 2.75) is 39.7 Å². The molecule has 1 amide bonds. The van der Waals surface area contributed by atoms with Crippen molar-refractivity contribution in [3.8, 4) is 0 Å². The fourth-order valence-corrected chi connectivity index (χ4v) is 1.85. The van der Waals surface area contributed by atoms with Crippen LogP contribution >= 0.6 is 0 Å². The van der Waals surface area contributed by atoms with Crippen LogP contribution in [0.4, 0.5) is 4.79 Å². The van der Waals surface area contributed by atoms with Crippen molar-refractivity contribution in [2.24, 2.45) is 0 Å². The Kier molecular flexibility index (Phi) is 6.95. The van der Waals surface area contributed by atoms with E-state index in [4.69, 9.17) is 9.47 Å². The van der Waals surface area contributed by atoms with Gasteiger partial charge in [0.05, 0.1) is 12.2 Å². The minimum absolute atomic E-state index is 0.110. The lowest BCUT2D eigenvalue weighted by atomic mass is 10.1. The lowest BCUT2D eigenvalue weighted by molar-refractivity contribution is 0.0298. The fraction of sp³-hybridized carbons (Fsp3) is 0.500. The number of Topliss-reactive ketones (excluding diaryl/α,β-unsaturated/α-hetero) is 1. The molecule has 6 heteroatoms. The number of ketones is 1. The van der Waals surface area contributed by atoms with Crippen LogP contribution in [0.2, 0.25) is 0 Å². The van der Waals surface area contributed by atoms with Crippen LogP contribution in [0.1, 0.15) is 54.8 Å². The number of hydrogen-bond donors (Lipinski definition) is 0. The summed E-state index contributed by atoms with van der Waals surface area (Å²) >= 11 is 0. The Labute approximate surface area is 142 Å². The molecule has 0 unspecified atom stereocenters. The highest BCUT2D eigenvalue weighted by atomic mass is 16.6. The molecule has 1 aromatic carbocycles. The van der Waals surface area contributed by atoms with Crippen LogP contribution in [0.15, 0.2) is 24.3 Å². The molecule has 0 bridgehead atoms. The molecule has 0 saturated carbocycles. The van der Waals surface area contributed by atoms with Gasteiger partial charge in [0, 0.05) is 25.6 Å². The second-order valence-electron chi connectivity index (χ2n) is 6.37. The zero-order chi connectivity index (χ0) is 18.3. The Morgan fingerprint density at radius 1 is 1.04 bits per heavy atom. The van der Waals surface area contributed by atoms with E-state index in [0.717, 1.165) is 0 Å². The average Bonchev–Trinajstić information content (AvgIpc) is 2.51. The van der Waals surface area contributed by atoms with Crippen molar-refractivity contribution in [3.63, 3.8) is 0 Å². The molecule has 1 rings (SSSR count). The maximum absolute atomic E-state index is 12.2. The predicted octanol–water partition coefficient (Wildman–Crippen LogP) is 3.30. The molecule has 0 spiro atoms. The summed E-state index contributed by atoms with van der Waals surface area (Å²) in [6.07, 6.45) is -0.290. The van der Waals surface area contributed by atoms with Crippen LogP contribution in [-0.4, -0.2) is 48.5 Å². The van der Waals surface area contributed by atoms with E-state index in [2.05, 4.69) is 0 Å². The molecular formula is C18H25NO5. The molecule has 0 aliphatic heterocycles. The first-order valence-corrected chi connectivity index (χ1v) is 7.88. The van der Waals surface area contributed by atoms with Crippen LogP contribution in [0.25, 0.3) is 0 Å². The molecular weight excluding hydrogens is 310 g/mol. The Bertz CT molecular complexity index is 586. The molecule has 0 aromatic heterocycles. The molecule has 0 aliphatic carbocycles. The van der Waals surface area contributed by atoms with Gasteiger partial charge in [-0.1, -0.05) is 12.1 Å². The highest BCUT2D eigenvalue weighted by molar-refractivity contribution is 5.97. The highest BCUT2D eigenvalue weighted by Crippen LogP contribution is 2.11. The maximum atomic E-state index is 12.2. The molecule has 24 heavy (non-hydrogen) atoms. The summed E-state index contributed by atoms with van der Waals surface area (Å²) in [4.78, 5) is 36.9. The van der Waals surface area contributed by atoms with Gasteiger partial charge in [0.1, 0.15) is 5.60 Å². The van der Waals surface area contributed by atoms with Gasteiger partial charge >= 0.3 is 12.1 Å². The standard InChI is InChI=1S/C18H25NO5/c1-6-23-16(21)14-9-7-13(8-10-14)15(20)11-12-19(5)17(22)24-18(2,3)4/h7-10H,6,11-12H2,1-5H3. The predicted molar refractivity (Wildman–Crippen MR) is 90.2 cm³/mol. The summed E-state index contributed by atoms with van der Waals surface area (Å²) in [5.41, 5.74) is 0.318.